The quantitative estimate of drug-likeness (QED) is 0.708. The monoisotopic (exact) mass is 390 g/mol. The van der Waals surface area contributed by atoms with Gasteiger partial charge in [0.25, 0.3) is 5.91 Å². The van der Waals surface area contributed by atoms with Gasteiger partial charge in [0.2, 0.25) is 5.95 Å². The van der Waals surface area contributed by atoms with E-state index in [1.165, 1.54) is 0 Å². The maximum Gasteiger partial charge on any atom is 0.255 e. The fourth-order valence-electron chi connectivity index (χ4n) is 3.93. The third-order valence-corrected chi connectivity index (χ3v) is 5.51. The van der Waals surface area contributed by atoms with Gasteiger partial charge in [0.15, 0.2) is 0 Å². The third kappa shape index (κ3) is 3.25. The SMILES string of the molecule is CNc1ncc2c(n1)CC=C2c1ccn2ncc(C(=O)NC3CCOCC3)c2c1. The van der Waals surface area contributed by atoms with Crippen LogP contribution < -0.4 is 10.6 Å². The van der Waals surface area contributed by atoms with Crippen molar-refractivity contribution in [3.63, 3.8) is 0 Å². The smallest absolute Gasteiger partial charge is 0.255 e. The molecule has 8 heteroatoms. The van der Waals surface area contributed by atoms with E-state index >= 15 is 0 Å². The van der Waals surface area contributed by atoms with Gasteiger partial charge in [-0.25, -0.2) is 14.5 Å². The molecule has 1 fully saturated rings. The lowest BCUT2D eigenvalue weighted by atomic mass is 10.0. The number of nitrogens with one attached hydrogen (secondary N) is 2. The molecule has 148 valence electrons. The van der Waals surface area contributed by atoms with Crippen LogP contribution in [-0.2, 0) is 11.2 Å². The molecule has 0 unspecified atom stereocenters. The number of nitrogens with zero attached hydrogens (tertiary/aromatic N) is 4. The molecule has 1 saturated heterocycles. The average Bonchev–Trinajstić information content (AvgIpc) is 3.37. The van der Waals surface area contributed by atoms with Crippen molar-refractivity contribution in [1.82, 2.24) is 24.9 Å². The van der Waals surface area contributed by atoms with Gasteiger partial charge in [0, 0.05) is 50.7 Å². The predicted octanol–water partition coefficient (Wildman–Crippen LogP) is 2.06. The Morgan fingerprint density at radius 3 is 2.97 bits per heavy atom. The van der Waals surface area contributed by atoms with Crippen molar-refractivity contribution in [3.05, 3.63) is 59.2 Å². The van der Waals surface area contributed by atoms with Crippen molar-refractivity contribution in [2.75, 3.05) is 25.6 Å². The highest BCUT2D eigenvalue weighted by Crippen LogP contribution is 2.32. The lowest BCUT2D eigenvalue weighted by Gasteiger charge is -2.22. The highest BCUT2D eigenvalue weighted by atomic mass is 16.5. The second-order valence-electron chi connectivity index (χ2n) is 7.29. The predicted molar refractivity (Wildman–Crippen MR) is 109 cm³/mol. The first-order valence-electron chi connectivity index (χ1n) is 9.83. The molecule has 29 heavy (non-hydrogen) atoms. The Morgan fingerprint density at radius 2 is 2.14 bits per heavy atom. The van der Waals surface area contributed by atoms with Crippen LogP contribution in [0.5, 0.6) is 0 Å². The van der Waals surface area contributed by atoms with E-state index in [2.05, 4.69) is 31.8 Å². The van der Waals surface area contributed by atoms with Crippen LogP contribution in [0.25, 0.3) is 11.1 Å². The molecule has 0 spiro atoms. The van der Waals surface area contributed by atoms with Gasteiger partial charge in [0.05, 0.1) is 23.0 Å². The normalized spacial score (nSPS) is 16.5. The summed E-state index contributed by atoms with van der Waals surface area (Å²) >= 11 is 0. The number of aromatic nitrogens is 4. The minimum absolute atomic E-state index is 0.0909. The van der Waals surface area contributed by atoms with Crippen molar-refractivity contribution in [3.8, 4) is 0 Å². The van der Waals surface area contributed by atoms with Gasteiger partial charge in [0.1, 0.15) is 0 Å². The Labute approximate surface area is 168 Å². The van der Waals surface area contributed by atoms with Crippen LogP contribution >= 0.6 is 0 Å². The van der Waals surface area contributed by atoms with Crippen LogP contribution in [0.15, 0.2) is 36.8 Å². The molecular weight excluding hydrogens is 368 g/mol. The number of fused-ring (bicyclic) bond motifs is 2. The van der Waals surface area contributed by atoms with Crippen molar-refractivity contribution in [2.24, 2.45) is 0 Å². The molecule has 0 aromatic carbocycles. The zero-order chi connectivity index (χ0) is 19.8. The first kappa shape index (κ1) is 17.8. The number of pyridine rings is 1. The molecule has 2 N–H and O–H groups in total. The highest BCUT2D eigenvalue weighted by molar-refractivity contribution is 6.01. The topological polar surface area (TPSA) is 93.4 Å². The summed E-state index contributed by atoms with van der Waals surface area (Å²) < 4.78 is 7.11. The molecule has 0 radical (unpaired) electrons. The van der Waals surface area contributed by atoms with Crippen molar-refractivity contribution < 1.29 is 9.53 Å². The summed E-state index contributed by atoms with van der Waals surface area (Å²) in [6.45, 7) is 1.38. The Kier molecular flexibility index (Phi) is 4.48. The molecule has 4 heterocycles. The summed E-state index contributed by atoms with van der Waals surface area (Å²) in [5.41, 5.74) is 5.51. The number of amides is 1. The molecule has 0 bridgehead atoms. The maximum absolute atomic E-state index is 12.8. The van der Waals surface area contributed by atoms with Gasteiger partial charge in [-0.1, -0.05) is 6.08 Å². The van der Waals surface area contributed by atoms with Crippen molar-refractivity contribution in [2.45, 2.75) is 25.3 Å². The first-order valence-corrected chi connectivity index (χ1v) is 9.83. The molecule has 8 nitrogen and oxygen atoms in total. The van der Waals surface area contributed by atoms with E-state index in [4.69, 9.17) is 4.74 Å². The zero-order valence-corrected chi connectivity index (χ0v) is 16.2. The molecule has 1 aliphatic heterocycles. The largest absolute Gasteiger partial charge is 0.381 e. The fraction of sp³-hybridized carbons (Fsp3) is 0.333. The van der Waals surface area contributed by atoms with Gasteiger partial charge in [-0.2, -0.15) is 5.10 Å². The van der Waals surface area contributed by atoms with Crippen LogP contribution in [0, 0.1) is 0 Å². The first-order chi connectivity index (χ1) is 14.2. The number of carbonyl (C=O) groups excluding carboxylic acids is 1. The molecule has 0 saturated carbocycles. The number of rotatable bonds is 4. The maximum atomic E-state index is 12.8. The number of anilines is 1. The standard InChI is InChI=1S/C21H22N6O2/c1-22-21-23-11-16-15(2-3-18(16)26-21)13-4-7-27-19(10-13)17(12-24-27)20(28)25-14-5-8-29-9-6-14/h2,4,7,10-12,14H,3,5-6,8-9H2,1H3,(H,25,28)(H,22,23,26). The van der Waals surface area contributed by atoms with E-state index in [1.807, 2.05) is 31.6 Å². The average molecular weight is 390 g/mol. The molecule has 1 amide bonds. The number of ether oxygens (including phenoxy) is 1. The minimum Gasteiger partial charge on any atom is -0.381 e. The molecule has 2 aliphatic rings. The van der Waals surface area contributed by atoms with Gasteiger partial charge in [-0.3, -0.25) is 4.79 Å². The Balaban J connectivity index is 1.45. The number of hydrogen-bond donors (Lipinski definition) is 2. The number of hydrogen-bond acceptors (Lipinski definition) is 6. The molecule has 3 aromatic heterocycles. The van der Waals surface area contributed by atoms with E-state index in [1.54, 1.807) is 10.7 Å². The lowest BCUT2D eigenvalue weighted by Crippen LogP contribution is -2.38. The summed E-state index contributed by atoms with van der Waals surface area (Å²) in [7, 11) is 1.81. The van der Waals surface area contributed by atoms with Crippen LogP contribution in [0.1, 0.15) is 40.0 Å². The van der Waals surface area contributed by atoms with Crippen LogP contribution in [0.3, 0.4) is 0 Å². The molecular formula is C21H22N6O2. The summed E-state index contributed by atoms with van der Waals surface area (Å²) in [5, 5.41) is 10.4. The summed E-state index contributed by atoms with van der Waals surface area (Å²) in [4.78, 5) is 21.7. The second kappa shape index (κ2) is 7.29. The van der Waals surface area contributed by atoms with Crippen molar-refractivity contribution in [1.29, 1.82) is 0 Å². The van der Waals surface area contributed by atoms with E-state index < -0.39 is 0 Å². The van der Waals surface area contributed by atoms with Gasteiger partial charge in [-0.15, -0.1) is 0 Å². The zero-order valence-electron chi connectivity index (χ0n) is 16.2. The second-order valence-corrected chi connectivity index (χ2v) is 7.29. The minimum atomic E-state index is -0.0909. The summed E-state index contributed by atoms with van der Waals surface area (Å²) in [6.07, 6.45) is 9.98. The van der Waals surface area contributed by atoms with E-state index in [9.17, 15) is 4.79 Å². The van der Waals surface area contributed by atoms with Crippen LogP contribution in [-0.4, -0.2) is 51.8 Å². The number of carbonyl (C=O) groups is 1. The van der Waals surface area contributed by atoms with E-state index in [-0.39, 0.29) is 11.9 Å². The van der Waals surface area contributed by atoms with Crippen LogP contribution in [0.4, 0.5) is 5.95 Å². The Morgan fingerprint density at radius 1 is 1.28 bits per heavy atom. The van der Waals surface area contributed by atoms with Gasteiger partial charge in [-0.05, 0) is 36.1 Å². The highest BCUT2D eigenvalue weighted by Gasteiger charge is 2.22. The molecule has 0 atom stereocenters. The fourth-order valence-corrected chi connectivity index (χ4v) is 3.93. The number of allylic oxidation sites excluding steroid dienone is 1. The van der Waals surface area contributed by atoms with Gasteiger partial charge < -0.3 is 15.4 Å². The van der Waals surface area contributed by atoms with Crippen LogP contribution in [0.2, 0.25) is 0 Å². The van der Waals surface area contributed by atoms with Crippen molar-refractivity contribution >= 4 is 22.9 Å². The van der Waals surface area contributed by atoms with E-state index in [0.717, 1.165) is 47.2 Å². The Bertz CT molecular complexity index is 1110. The van der Waals surface area contributed by atoms with Gasteiger partial charge >= 0.3 is 0 Å². The summed E-state index contributed by atoms with van der Waals surface area (Å²) in [6, 6.07) is 4.17. The molecule has 1 aliphatic carbocycles. The summed E-state index contributed by atoms with van der Waals surface area (Å²) in [5.74, 6) is 0.531. The van der Waals surface area contributed by atoms with E-state index in [0.29, 0.717) is 24.7 Å². The lowest BCUT2D eigenvalue weighted by molar-refractivity contribution is 0.0697. The molecule has 3 aromatic rings. The third-order valence-electron chi connectivity index (χ3n) is 5.51. The molecule has 5 rings (SSSR count). The Hall–Kier alpha value is -3.26.